The molecule has 1 rings (SSSR count). The first-order valence-electron chi connectivity index (χ1n) is 5.41. The van der Waals surface area contributed by atoms with Gasteiger partial charge in [-0.05, 0) is 0 Å². The number of nitro groups is 3. The third-order valence-corrected chi connectivity index (χ3v) is 1.64. The van der Waals surface area contributed by atoms with Crippen molar-refractivity contribution in [2.24, 2.45) is 0 Å². The first-order chi connectivity index (χ1) is 9.34. The second-order valence-electron chi connectivity index (χ2n) is 5.27. The molecule has 116 valence electrons. The monoisotopic (exact) mass is 302 g/mol. The van der Waals surface area contributed by atoms with Crippen LogP contribution in [0.15, 0.2) is 12.1 Å². The van der Waals surface area contributed by atoms with Gasteiger partial charge < -0.3 is 9.59 Å². The summed E-state index contributed by atoms with van der Waals surface area (Å²) in [7, 11) is 8.50. The first-order valence-corrected chi connectivity index (χ1v) is 5.41. The molecular formula is C10H14N4O7. The molecule has 21 heavy (non-hydrogen) atoms. The van der Waals surface area contributed by atoms with E-state index >= 15 is 0 Å². The number of hydrogen-bond donors (Lipinski definition) is 0. The quantitative estimate of drug-likeness (QED) is 0.454. The molecule has 0 spiro atoms. The molecule has 11 nitrogen and oxygen atoms in total. The lowest BCUT2D eigenvalue weighted by Crippen LogP contribution is -2.27. The lowest BCUT2D eigenvalue weighted by atomic mass is 10.2. The van der Waals surface area contributed by atoms with Crippen molar-refractivity contribution in [3.63, 3.8) is 0 Å². The Kier molecular flexibility index (Phi) is 5.68. The topological polar surface area (TPSA) is 152 Å². The summed E-state index contributed by atoms with van der Waals surface area (Å²) < 4.78 is 1.00. The van der Waals surface area contributed by atoms with E-state index in [2.05, 4.69) is 28.2 Å². The zero-order valence-electron chi connectivity index (χ0n) is 11.8. The molecule has 0 fully saturated rings. The van der Waals surface area contributed by atoms with Gasteiger partial charge in [-0.1, -0.05) is 0 Å². The summed E-state index contributed by atoms with van der Waals surface area (Å²) in [6.07, 6.45) is 0. The molecule has 0 aliphatic heterocycles. The van der Waals surface area contributed by atoms with Gasteiger partial charge in [-0.2, -0.15) is 0 Å². The third kappa shape index (κ3) is 6.24. The molecular weight excluding hydrogens is 288 g/mol. The van der Waals surface area contributed by atoms with E-state index in [1.807, 2.05) is 0 Å². The zero-order valence-corrected chi connectivity index (χ0v) is 11.8. The number of non-ortho nitro benzene ring substituents is 1. The molecule has 0 amide bonds. The Labute approximate surface area is 119 Å². The molecule has 0 aliphatic carbocycles. The molecule has 0 unspecified atom stereocenters. The lowest BCUT2D eigenvalue weighted by molar-refractivity contribution is -0.849. The number of nitrogens with zero attached hydrogens (tertiary/aromatic N) is 4. The molecule has 0 heterocycles. The minimum Gasteiger partial charge on any atom is -0.863 e. The van der Waals surface area contributed by atoms with Crippen molar-refractivity contribution < 1.29 is 24.4 Å². The highest BCUT2D eigenvalue weighted by Gasteiger charge is 2.24. The van der Waals surface area contributed by atoms with Crippen molar-refractivity contribution >= 4 is 17.1 Å². The highest BCUT2D eigenvalue weighted by Crippen LogP contribution is 2.36. The van der Waals surface area contributed by atoms with E-state index in [0.29, 0.717) is 12.1 Å². The van der Waals surface area contributed by atoms with Crippen LogP contribution in [0.3, 0.4) is 0 Å². The molecule has 0 saturated carbocycles. The van der Waals surface area contributed by atoms with Gasteiger partial charge in [0.25, 0.3) is 17.1 Å². The normalized spacial score (nSPS) is 10.3. The molecule has 0 saturated heterocycles. The van der Waals surface area contributed by atoms with Gasteiger partial charge in [-0.25, -0.2) is 0 Å². The molecule has 11 heteroatoms. The van der Waals surface area contributed by atoms with Crippen molar-refractivity contribution in [2.75, 3.05) is 28.2 Å². The van der Waals surface area contributed by atoms with E-state index in [1.54, 1.807) is 0 Å². The molecule has 0 bridgehead atoms. The van der Waals surface area contributed by atoms with Crippen LogP contribution in [0.5, 0.6) is 5.75 Å². The van der Waals surface area contributed by atoms with E-state index in [1.165, 1.54) is 0 Å². The summed E-state index contributed by atoms with van der Waals surface area (Å²) in [4.78, 5) is 27.5. The van der Waals surface area contributed by atoms with Gasteiger partial charge in [0.2, 0.25) is 0 Å². The molecule has 1 aromatic rings. The summed E-state index contributed by atoms with van der Waals surface area (Å²) in [5.41, 5.74) is -3.26. The summed E-state index contributed by atoms with van der Waals surface area (Å²) in [5, 5.41) is 42.1. The van der Waals surface area contributed by atoms with Crippen LogP contribution in [-0.2, 0) is 0 Å². The summed E-state index contributed by atoms with van der Waals surface area (Å²) in [6.45, 7) is 0. The van der Waals surface area contributed by atoms with Gasteiger partial charge in [0.05, 0.1) is 60.8 Å². The minimum atomic E-state index is -1.46. The summed E-state index contributed by atoms with van der Waals surface area (Å²) in [6, 6.07) is 0.769. The summed E-state index contributed by atoms with van der Waals surface area (Å²) >= 11 is 0. The summed E-state index contributed by atoms with van der Waals surface area (Å²) in [5.74, 6) is -1.46. The molecule has 0 aliphatic rings. The van der Waals surface area contributed by atoms with Gasteiger partial charge in [-0.15, -0.1) is 0 Å². The maximum absolute atomic E-state index is 11.1. The number of benzene rings is 1. The lowest BCUT2D eigenvalue weighted by Gasteiger charge is -2.14. The SMILES string of the molecule is C[N+](C)(C)C.O=[N+]([O-])c1cc([N+](=O)[O-])c([O-])c([N+](=O)[O-])c1. The van der Waals surface area contributed by atoms with E-state index in [9.17, 15) is 35.4 Å². The van der Waals surface area contributed by atoms with Crippen LogP contribution >= 0.6 is 0 Å². The number of nitro benzene ring substituents is 3. The fourth-order valence-corrected chi connectivity index (χ4v) is 0.961. The number of rotatable bonds is 3. The van der Waals surface area contributed by atoms with Crippen LogP contribution < -0.4 is 5.11 Å². The molecule has 0 N–H and O–H groups in total. The Bertz CT molecular complexity index is 538. The van der Waals surface area contributed by atoms with Crippen LogP contribution in [0.4, 0.5) is 17.1 Å². The van der Waals surface area contributed by atoms with Crippen molar-refractivity contribution in [3.8, 4) is 5.75 Å². The second-order valence-corrected chi connectivity index (χ2v) is 5.27. The predicted octanol–water partition coefficient (Wildman–Crippen LogP) is 0.807. The number of hydrogen-bond acceptors (Lipinski definition) is 7. The minimum absolute atomic E-state index is 0.384. The largest absolute Gasteiger partial charge is 0.863 e. The average molecular weight is 302 g/mol. The van der Waals surface area contributed by atoms with Crippen LogP contribution in [0.1, 0.15) is 0 Å². The maximum atomic E-state index is 11.1. The fourth-order valence-electron chi connectivity index (χ4n) is 0.961. The third-order valence-electron chi connectivity index (χ3n) is 1.64. The Morgan fingerprint density at radius 1 is 0.810 bits per heavy atom. The molecule has 0 radical (unpaired) electrons. The van der Waals surface area contributed by atoms with E-state index in [0.717, 1.165) is 4.48 Å². The molecule has 0 atom stereocenters. The Morgan fingerprint density at radius 3 is 1.29 bits per heavy atom. The van der Waals surface area contributed by atoms with Crippen LogP contribution in [0.25, 0.3) is 0 Å². The van der Waals surface area contributed by atoms with Crippen LogP contribution in [0.2, 0.25) is 0 Å². The van der Waals surface area contributed by atoms with Gasteiger partial charge in [0.15, 0.2) is 0 Å². The number of quaternary nitrogens is 1. The van der Waals surface area contributed by atoms with Crippen molar-refractivity contribution in [3.05, 3.63) is 42.5 Å². The molecule has 1 aromatic carbocycles. The molecule has 0 aromatic heterocycles. The Morgan fingerprint density at radius 2 is 1.10 bits per heavy atom. The van der Waals surface area contributed by atoms with E-state index in [-0.39, 0.29) is 0 Å². The standard InChI is InChI=1S/C6H3N3O7.C4H12N/c10-6-4(8(13)14)1-3(7(11)12)2-5(6)9(15)16;1-5(2,3)4/h1-2,10H;1-4H3/q;+1/p-1. The highest BCUT2D eigenvalue weighted by molar-refractivity contribution is 5.63. The Hall–Kier alpha value is -2.82. The fraction of sp³-hybridized carbons (Fsp3) is 0.400. The van der Waals surface area contributed by atoms with E-state index in [4.69, 9.17) is 0 Å². The smallest absolute Gasteiger partial charge is 0.283 e. The van der Waals surface area contributed by atoms with Crippen molar-refractivity contribution in [1.82, 2.24) is 0 Å². The maximum Gasteiger partial charge on any atom is 0.283 e. The van der Waals surface area contributed by atoms with Crippen molar-refractivity contribution in [1.29, 1.82) is 0 Å². The second kappa shape index (κ2) is 6.56. The van der Waals surface area contributed by atoms with Crippen LogP contribution in [0, 0.1) is 30.3 Å². The van der Waals surface area contributed by atoms with Gasteiger partial charge in [-0.3, -0.25) is 30.3 Å². The Balaban J connectivity index is 0.000000690. The van der Waals surface area contributed by atoms with Gasteiger partial charge in [0, 0.05) is 0 Å². The average Bonchev–Trinajstić information content (AvgIpc) is 2.25. The van der Waals surface area contributed by atoms with Crippen molar-refractivity contribution in [2.45, 2.75) is 0 Å². The highest BCUT2D eigenvalue weighted by atomic mass is 16.6. The predicted molar refractivity (Wildman–Crippen MR) is 69.8 cm³/mol. The first kappa shape index (κ1) is 18.2. The van der Waals surface area contributed by atoms with Crippen LogP contribution in [-0.4, -0.2) is 47.4 Å². The van der Waals surface area contributed by atoms with Gasteiger partial charge >= 0.3 is 0 Å². The van der Waals surface area contributed by atoms with Gasteiger partial charge in [0.1, 0.15) is 0 Å². The zero-order chi connectivity index (χ0) is 17.0. The van der Waals surface area contributed by atoms with E-state index < -0.39 is 37.6 Å².